The lowest BCUT2D eigenvalue weighted by Gasteiger charge is -2.16. The largest absolute Gasteiger partial charge is 0.481 e. The van der Waals surface area contributed by atoms with E-state index in [1.807, 2.05) is 0 Å². The van der Waals surface area contributed by atoms with E-state index in [1.54, 1.807) is 60.5 Å². The summed E-state index contributed by atoms with van der Waals surface area (Å²) in [6, 6.07) is 12.6. The van der Waals surface area contributed by atoms with Gasteiger partial charge in [0.1, 0.15) is 11.8 Å². The van der Waals surface area contributed by atoms with Gasteiger partial charge in [-0.2, -0.15) is 0 Å². The smallest absolute Gasteiger partial charge is 0.343 e. The van der Waals surface area contributed by atoms with E-state index in [-0.39, 0.29) is 18.0 Å². The molecular weight excluding hydrogens is 510 g/mol. The molecule has 0 radical (unpaired) electrons. The van der Waals surface area contributed by atoms with E-state index in [0.29, 0.717) is 29.2 Å². The summed E-state index contributed by atoms with van der Waals surface area (Å²) in [4.78, 5) is 42.6. The third-order valence-corrected chi connectivity index (χ3v) is 4.76. The summed E-state index contributed by atoms with van der Waals surface area (Å²) in [5.74, 6) is 3.12. The fourth-order valence-corrected chi connectivity index (χ4v) is 3.11. The van der Waals surface area contributed by atoms with Gasteiger partial charge in [-0.05, 0) is 67.8 Å². The standard InChI is InChI=1S/C17H15N3O4.C7H14N2O2.C2H4O2/c18-17(19)20-13-6-8-14(9-7-13)24-16(23)12-4-1-11(2-5-12)3-10-15(21)22;1-2-11-7(10)6-4-3-5-9(6)8;1-2(3)4/h1-10H,(H,21,22)(H4,18,19,20);6H,2-5,8H2,1H3;1H3,(H,3,4)/t;6-;/m.0./s1. The molecule has 13 heteroatoms. The molecule has 8 N–H and O–H groups in total. The minimum absolute atomic E-state index is 0.184. The molecule has 0 aromatic heterocycles. The summed E-state index contributed by atoms with van der Waals surface area (Å²) in [6.45, 7) is 4.11. The third kappa shape index (κ3) is 13.4. The number of carbonyl (C=O) groups excluding carboxylic acids is 2. The van der Waals surface area contributed by atoms with Crippen molar-refractivity contribution in [3.8, 4) is 5.75 Å². The summed E-state index contributed by atoms with van der Waals surface area (Å²) < 4.78 is 10.1. The second kappa shape index (κ2) is 16.9. The first-order valence-electron chi connectivity index (χ1n) is 11.7. The summed E-state index contributed by atoms with van der Waals surface area (Å²) in [6.07, 6.45) is 4.26. The molecule has 0 spiro atoms. The number of hydrazine groups is 1. The molecule has 0 unspecified atom stereocenters. The molecule has 0 amide bonds. The minimum Gasteiger partial charge on any atom is -0.481 e. The summed E-state index contributed by atoms with van der Waals surface area (Å²) in [5.41, 5.74) is 6.83. The number of nitrogens with zero attached hydrogens (tertiary/aromatic N) is 1. The van der Waals surface area contributed by atoms with E-state index < -0.39 is 17.9 Å². The molecule has 1 fully saturated rings. The maximum atomic E-state index is 12.1. The Bertz CT molecular complexity index is 1150. The van der Waals surface area contributed by atoms with Crippen LogP contribution in [-0.4, -0.2) is 64.3 Å². The van der Waals surface area contributed by atoms with Gasteiger partial charge in [-0.25, -0.2) is 14.6 Å². The van der Waals surface area contributed by atoms with Gasteiger partial charge in [-0.15, -0.1) is 0 Å². The highest BCUT2D eigenvalue weighted by molar-refractivity contribution is 5.92. The van der Waals surface area contributed by atoms with Crippen molar-refractivity contribution >= 4 is 41.6 Å². The van der Waals surface area contributed by atoms with Crippen LogP contribution in [0.3, 0.4) is 0 Å². The van der Waals surface area contributed by atoms with Crippen LogP contribution < -0.4 is 21.6 Å². The van der Waals surface area contributed by atoms with Gasteiger partial charge >= 0.3 is 17.9 Å². The number of anilines is 1. The van der Waals surface area contributed by atoms with Crippen LogP contribution >= 0.6 is 0 Å². The number of carbonyl (C=O) groups is 4. The molecule has 1 atom stereocenters. The number of aliphatic carboxylic acids is 2. The number of hydrogen-bond acceptors (Lipinski definition) is 9. The van der Waals surface area contributed by atoms with E-state index >= 15 is 0 Å². The van der Waals surface area contributed by atoms with Crippen molar-refractivity contribution in [3.05, 3.63) is 65.7 Å². The highest BCUT2D eigenvalue weighted by atomic mass is 16.5. The zero-order valence-corrected chi connectivity index (χ0v) is 21.6. The SMILES string of the molecule is CC(=O)O.CCOC(=O)[C@@H]1CCCN1N.N=C(N)Nc1ccc(OC(=O)c2ccc(C=CC(=O)O)cc2)cc1. The molecule has 0 bridgehead atoms. The Morgan fingerprint density at radius 3 is 2.15 bits per heavy atom. The van der Waals surface area contributed by atoms with Crippen LogP contribution in [-0.2, 0) is 19.1 Å². The molecular formula is C26H33N5O8. The molecule has 2 aromatic rings. The number of hydrogen-bond donors (Lipinski definition) is 6. The molecule has 1 aliphatic rings. The Hall–Kier alpha value is -4.75. The van der Waals surface area contributed by atoms with Crippen LogP contribution in [0.2, 0.25) is 0 Å². The molecule has 0 saturated carbocycles. The predicted molar refractivity (Wildman–Crippen MR) is 144 cm³/mol. The second-order valence-corrected chi connectivity index (χ2v) is 7.91. The van der Waals surface area contributed by atoms with E-state index in [4.69, 9.17) is 41.5 Å². The first kappa shape index (κ1) is 32.3. The molecule has 3 rings (SSSR count). The lowest BCUT2D eigenvalue weighted by atomic mass is 10.1. The Morgan fingerprint density at radius 1 is 1.10 bits per heavy atom. The highest BCUT2D eigenvalue weighted by Gasteiger charge is 2.29. The van der Waals surface area contributed by atoms with Gasteiger partial charge in [-0.1, -0.05) is 12.1 Å². The van der Waals surface area contributed by atoms with Gasteiger partial charge in [0.05, 0.1) is 12.2 Å². The highest BCUT2D eigenvalue weighted by Crippen LogP contribution is 2.17. The number of carboxylic acid groups (broad SMARTS) is 2. The lowest BCUT2D eigenvalue weighted by Crippen LogP contribution is -2.41. The van der Waals surface area contributed by atoms with Crippen molar-refractivity contribution in [2.45, 2.75) is 32.7 Å². The number of esters is 2. The zero-order valence-electron chi connectivity index (χ0n) is 21.6. The molecule has 13 nitrogen and oxygen atoms in total. The zero-order chi connectivity index (χ0) is 29.4. The van der Waals surface area contributed by atoms with Gasteiger partial charge < -0.3 is 30.7 Å². The Kier molecular flexibility index (Phi) is 14.0. The summed E-state index contributed by atoms with van der Waals surface area (Å²) in [7, 11) is 0. The van der Waals surface area contributed by atoms with Crippen molar-refractivity contribution in [3.63, 3.8) is 0 Å². The predicted octanol–water partition coefficient (Wildman–Crippen LogP) is 2.29. The Labute approximate surface area is 225 Å². The van der Waals surface area contributed by atoms with Crippen LogP contribution in [0.15, 0.2) is 54.6 Å². The maximum absolute atomic E-state index is 12.1. The van der Waals surface area contributed by atoms with Crippen LogP contribution in [0, 0.1) is 5.41 Å². The first-order valence-corrected chi connectivity index (χ1v) is 11.7. The lowest BCUT2D eigenvalue weighted by molar-refractivity contribution is -0.148. The maximum Gasteiger partial charge on any atom is 0.343 e. The average Bonchev–Trinajstić information content (AvgIpc) is 3.30. The number of guanidine groups is 1. The van der Waals surface area contributed by atoms with Gasteiger partial charge in [0.25, 0.3) is 5.97 Å². The van der Waals surface area contributed by atoms with Crippen LogP contribution in [0.5, 0.6) is 5.75 Å². The number of ether oxygens (including phenoxy) is 2. The molecule has 1 heterocycles. The topological polar surface area (TPSA) is 218 Å². The van der Waals surface area contributed by atoms with Crippen LogP contribution in [0.25, 0.3) is 6.08 Å². The van der Waals surface area contributed by atoms with Crippen molar-refractivity contribution in [2.24, 2.45) is 11.6 Å². The van der Waals surface area contributed by atoms with E-state index in [9.17, 15) is 14.4 Å². The van der Waals surface area contributed by atoms with Crippen molar-refractivity contribution in [1.82, 2.24) is 5.01 Å². The second-order valence-electron chi connectivity index (χ2n) is 7.91. The molecule has 210 valence electrons. The van der Waals surface area contributed by atoms with Gasteiger partial charge in [0.2, 0.25) is 0 Å². The summed E-state index contributed by atoms with van der Waals surface area (Å²) >= 11 is 0. The fraction of sp³-hybridized carbons (Fsp3) is 0.269. The summed E-state index contributed by atoms with van der Waals surface area (Å²) in [5, 5.41) is 27.3. The molecule has 0 aliphatic carbocycles. The third-order valence-electron chi connectivity index (χ3n) is 4.76. The van der Waals surface area contributed by atoms with Gasteiger partial charge in [-0.3, -0.25) is 20.8 Å². The average molecular weight is 544 g/mol. The quantitative estimate of drug-likeness (QED) is 0.0740. The molecule has 1 aliphatic heterocycles. The number of nitrogens with one attached hydrogen (secondary N) is 2. The number of benzene rings is 2. The van der Waals surface area contributed by atoms with E-state index in [0.717, 1.165) is 32.4 Å². The molecule has 39 heavy (non-hydrogen) atoms. The van der Waals surface area contributed by atoms with Crippen LogP contribution in [0.1, 0.15) is 42.6 Å². The van der Waals surface area contributed by atoms with Crippen LogP contribution in [0.4, 0.5) is 5.69 Å². The normalized spacial score (nSPS) is 14.2. The first-order chi connectivity index (χ1) is 18.4. The van der Waals surface area contributed by atoms with Crippen molar-refractivity contribution < 1.29 is 38.9 Å². The molecule has 2 aromatic carbocycles. The number of carboxylic acids is 2. The van der Waals surface area contributed by atoms with Gasteiger partial charge in [0.15, 0.2) is 5.96 Å². The minimum atomic E-state index is -1.04. The van der Waals surface area contributed by atoms with Crippen molar-refractivity contribution in [2.75, 3.05) is 18.5 Å². The van der Waals surface area contributed by atoms with Crippen molar-refractivity contribution in [1.29, 1.82) is 5.41 Å². The Balaban J connectivity index is 0.000000418. The molecule has 1 saturated heterocycles. The Morgan fingerprint density at radius 2 is 1.69 bits per heavy atom. The van der Waals surface area contributed by atoms with E-state index in [1.165, 1.54) is 6.08 Å². The monoisotopic (exact) mass is 543 g/mol. The number of rotatable bonds is 7. The van der Waals surface area contributed by atoms with Gasteiger partial charge in [0, 0.05) is 25.2 Å². The number of nitrogens with two attached hydrogens (primary N) is 2. The van der Waals surface area contributed by atoms with E-state index in [2.05, 4.69) is 5.32 Å². The fourth-order valence-electron chi connectivity index (χ4n) is 3.11.